The zero-order valence-corrected chi connectivity index (χ0v) is 40.9. The molecule has 0 unspecified atom stereocenters. The number of aromatic nitrogens is 3. The van der Waals surface area contributed by atoms with Crippen molar-refractivity contribution in [2.75, 3.05) is 66.4 Å². The molecular weight excluding hydrogens is 887 g/mol. The minimum atomic E-state index is -1.05. The number of esters is 1. The number of hydrazine groups is 1. The predicted molar refractivity (Wildman–Crippen MR) is 255 cm³/mol. The molecule has 16 nitrogen and oxygen atoms in total. The summed E-state index contributed by atoms with van der Waals surface area (Å²) in [5, 5.41) is 8.51. The molecule has 6 aliphatic rings. The third-order valence-electron chi connectivity index (χ3n) is 14.9. The number of pyridine rings is 1. The summed E-state index contributed by atoms with van der Waals surface area (Å²) >= 11 is 1.49. The number of amides is 2. The van der Waals surface area contributed by atoms with Crippen LogP contribution >= 0.6 is 11.3 Å². The molecule has 5 fully saturated rings. The number of carbonyl (C=O) groups is 3. The highest BCUT2D eigenvalue weighted by Gasteiger charge is 2.53. The average Bonchev–Trinajstić information content (AvgIpc) is 3.94. The number of methoxy groups -OCH3 is 1. The molecule has 2 amide bonds. The highest BCUT2D eigenvalue weighted by atomic mass is 32.1. The van der Waals surface area contributed by atoms with Crippen LogP contribution in [0.3, 0.4) is 0 Å². The van der Waals surface area contributed by atoms with Crippen molar-refractivity contribution in [3.05, 3.63) is 58.2 Å². The Morgan fingerprint density at radius 2 is 1.93 bits per heavy atom. The molecule has 5 saturated heterocycles. The fraction of sp³-hybridized carbons (Fsp3) is 0.627. The number of hydrogen-bond donors (Lipinski definition) is 2. The molecule has 1 spiro atoms. The van der Waals surface area contributed by atoms with Gasteiger partial charge in [0.15, 0.2) is 0 Å². The molecule has 68 heavy (non-hydrogen) atoms. The summed E-state index contributed by atoms with van der Waals surface area (Å²) in [6.07, 6.45) is 7.40. The number of thiazole rings is 1. The van der Waals surface area contributed by atoms with E-state index in [0.29, 0.717) is 83.5 Å². The van der Waals surface area contributed by atoms with Gasteiger partial charge in [0.1, 0.15) is 23.2 Å². The molecular formula is C51H67N7O9S. The molecule has 1 aromatic carbocycles. The molecule has 0 radical (unpaired) electrons. The van der Waals surface area contributed by atoms with Crippen LogP contribution < -0.4 is 10.7 Å². The number of benzene rings is 1. The number of hydrogen-bond acceptors (Lipinski definition) is 14. The maximum Gasteiger partial charge on any atom is 0.324 e. The Morgan fingerprint density at radius 1 is 1.09 bits per heavy atom. The van der Waals surface area contributed by atoms with Crippen molar-refractivity contribution in [2.24, 2.45) is 11.3 Å². The van der Waals surface area contributed by atoms with Crippen molar-refractivity contribution in [2.45, 2.75) is 128 Å². The van der Waals surface area contributed by atoms with E-state index in [1.165, 1.54) is 16.3 Å². The Hall–Kier alpha value is -4.33. The molecule has 0 saturated carbocycles. The summed E-state index contributed by atoms with van der Waals surface area (Å²) < 4.78 is 38.9. The molecule has 2 N–H and O–H groups in total. The van der Waals surface area contributed by atoms with Crippen molar-refractivity contribution in [3.63, 3.8) is 0 Å². The van der Waals surface area contributed by atoms with E-state index in [-0.39, 0.29) is 42.1 Å². The molecule has 0 aliphatic carbocycles. The molecule has 4 aromatic rings. The van der Waals surface area contributed by atoms with E-state index in [1.54, 1.807) is 7.11 Å². The highest BCUT2D eigenvalue weighted by molar-refractivity contribution is 7.10. The summed E-state index contributed by atoms with van der Waals surface area (Å²) in [6.45, 7) is 13.6. The Kier molecular flexibility index (Phi) is 13.8. The summed E-state index contributed by atoms with van der Waals surface area (Å²) in [5.41, 5.74) is 9.06. The maximum absolute atomic E-state index is 15.1. The van der Waals surface area contributed by atoms with Gasteiger partial charge in [-0.25, -0.2) is 10.4 Å². The molecule has 6 atom stereocenters. The van der Waals surface area contributed by atoms with E-state index in [0.717, 1.165) is 76.8 Å². The molecule has 6 bridgehead atoms. The third kappa shape index (κ3) is 9.49. The first-order chi connectivity index (χ1) is 32.9. The fourth-order valence-corrected chi connectivity index (χ4v) is 12.0. The van der Waals surface area contributed by atoms with E-state index in [2.05, 4.69) is 63.7 Å². The van der Waals surface area contributed by atoms with Crippen LogP contribution in [0.5, 0.6) is 0 Å². The lowest BCUT2D eigenvalue weighted by Gasteiger charge is -2.55. The topological polar surface area (TPSA) is 168 Å². The number of likely N-dealkylation sites (tertiary alicyclic amines) is 1. The summed E-state index contributed by atoms with van der Waals surface area (Å²) in [7, 11) is 1.70. The number of nitrogens with zero attached hydrogens (tertiary/aromatic N) is 5. The number of rotatable bonds is 10. The van der Waals surface area contributed by atoms with Crippen molar-refractivity contribution in [1.29, 1.82) is 0 Å². The van der Waals surface area contributed by atoms with Gasteiger partial charge in [-0.2, -0.15) is 0 Å². The first kappa shape index (κ1) is 47.4. The lowest BCUT2D eigenvalue weighted by atomic mass is 9.83. The number of nitrogens with one attached hydrogen (secondary N) is 2. The largest absolute Gasteiger partial charge is 0.464 e. The van der Waals surface area contributed by atoms with Crippen molar-refractivity contribution < 1.29 is 42.8 Å². The van der Waals surface area contributed by atoms with Crippen molar-refractivity contribution in [3.8, 4) is 22.5 Å². The maximum atomic E-state index is 15.1. The lowest BCUT2D eigenvalue weighted by molar-refractivity contribution is -0.185. The first-order valence-electron chi connectivity index (χ1n) is 24.7. The minimum Gasteiger partial charge on any atom is -0.464 e. The standard InChI is InChI=1S/C51H67N7O9S/c1-31-26-65-45(31)46(59)54-42-44(56-28-51(29-56)16-6-7-20-67-51)47-53-39(27-68-47)33-12-13-40-36(24-33)37(25-50(3,4)30-66-49(61)38-11-9-18-58(55-38)48(42)60)43(35-10-8-17-52-41(35)32(2)62-5)57(40)19-23-64-34-14-21-63-22-15-34/h8,10,12-13,17,24,27,31-32,34,38,42,44-45,55H,6-7,9,11,14-16,18-23,25-26,28-30H2,1-5H3,(H,54,59)/t31-,32-,38-,42-,44-,45+/m0/s1. The van der Waals surface area contributed by atoms with Gasteiger partial charge in [0.2, 0.25) is 5.91 Å². The van der Waals surface area contributed by atoms with Gasteiger partial charge < -0.3 is 38.3 Å². The Labute approximate surface area is 402 Å². The van der Waals surface area contributed by atoms with Gasteiger partial charge in [0.05, 0.1) is 60.8 Å². The molecule has 366 valence electrons. The summed E-state index contributed by atoms with van der Waals surface area (Å²) in [4.78, 5) is 55.9. The smallest absolute Gasteiger partial charge is 0.324 e. The first-order valence-corrected chi connectivity index (χ1v) is 25.6. The molecule has 6 aliphatic heterocycles. The monoisotopic (exact) mass is 953 g/mol. The fourth-order valence-electron chi connectivity index (χ4n) is 11.0. The zero-order valence-electron chi connectivity index (χ0n) is 40.1. The van der Waals surface area contributed by atoms with Crippen LogP contribution in [0.4, 0.5) is 0 Å². The third-order valence-corrected chi connectivity index (χ3v) is 15.8. The van der Waals surface area contributed by atoms with Crippen LogP contribution in [0.1, 0.15) is 101 Å². The van der Waals surface area contributed by atoms with Crippen LogP contribution in [0, 0.1) is 11.3 Å². The van der Waals surface area contributed by atoms with E-state index >= 15 is 4.79 Å². The van der Waals surface area contributed by atoms with Gasteiger partial charge in [0.25, 0.3) is 5.91 Å². The summed E-state index contributed by atoms with van der Waals surface area (Å²) in [5.74, 6) is -1.09. The second kappa shape index (κ2) is 19.8. The molecule has 17 heteroatoms. The van der Waals surface area contributed by atoms with E-state index < -0.39 is 35.6 Å². The minimum absolute atomic E-state index is 0.0106. The summed E-state index contributed by atoms with van der Waals surface area (Å²) in [6, 6.07) is 8.20. The van der Waals surface area contributed by atoms with Crippen LogP contribution in [-0.2, 0) is 55.8 Å². The Balaban J connectivity index is 1.11. The van der Waals surface area contributed by atoms with Gasteiger partial charge in [-0.15, -0.1) is 11.3 Å². The van der Waals surface area contributed by atoms with Crippen LogP contribution in [0.15, 0.2) is 41.9 Å². The highest BCUT2D eigenvalue weighted by Crippen LogP contribution is 2.45. The quantitative estimate of drug-likeness (QED) is 0.174. The van der Waals surface area contributed by atoms with Crippen molar-refractivity contribution in [1.82, 2.24) is 35.2 Å². The predicted octanol–water partition coefficient (Wildman–Crippen LogP) is 6.17. The van der Waals surface area contributed by atoms with Crippen molar-refractivity contribution >= 4 is 40.0 Å². The number of carbonyl (C=O) groups excluding carboxylic acids is 3. The van der Waals surface area contributed by atoms with Gasteiger partial charge in [-0.3, -0.25) is 29.3 Å². The van der Waals surface area contributed by atoms with Crippen LogP contribution in [-0.4, -0.2) is 139 Å². The second-order valence-corrected chi connectivity index (χ2v) is 21.5. The van der Waals surface area contributed by atoms with E-state index in [1.807, 2.05) is 26.1 Å². The van der Waals surface area contributed by atoms with Crippen LogP contribution in [0.25, 0.3) is 33.4 Å². The molecule has 9 heterocycles. The SMILES string of the molecule is CO[C@@H](C)c1ncccc1-c1c2c3cc(ccc3n1CCOC1CCOCC1)-c1csc(n1)[C@@H](N1CC3(CCCCO3)C1)[C@H](NC(=O)[C@@H]1OC[C@@H]1C)C(=O)N1CCC[C@H](N1)C(=O)OCC(C)(C)C2. The normalized spacial score (nSPS) is 27.2. The zero-order chi connectivity index (χ0) is 47.2. The molecule has 10 rings (SSSR count). The van der Waals surface area contributed by atoms with Gasteiger partial charge in [-0.1, -0.05) is 26.8 Å². The second-order valence-electron chi connectivity index (χ2n) is 20.6. The van der Waals surface area contributed by atoms with Gasteiger partial charge in [-0.05, 0) is 88.1 Å². The molecule has 3 aromatic heterocycles. The number of fused-ring (bicyclic) bond motifs is 6. The lowest BCUT2D eigenvalue weighted by Crippen LogP contribution is -2.69. The van der Waals surface area contributed by atoms with Gasteiger partial charge >= 0.3 is 5.97 Å². The van der Waals surface area contributed by atoms with E-state index in [9.17, 15) is 9.59 Å². The number of cyclic esters (lactones) is 1. The average molecular weight is 954 g/mol. The van der Waals surface area contributed by atoms with E-state index in [4.69, 9.17) is 38.4 Å². The van der Waals surface area contributed by atoms with Crippen LogP contribution in [0.2, 0.25) is 0 Å². The number of ether oxygens (including phenoxy) is 6. The Morgan fingerprint density at radius 3 is 2.68 bits per heavy atom. The van der Waals surface area contributed by atoms with Gasteiger partial charge in [0, 0.05) is 98.0 Å². The Bertz CT molecular complexity index is 2470.